The molecule has 0 saturated carbocycles. The number of rotatable bonds is 5. The Morgan fingerprint density at radius 1 is 1.15 bits per heavy atom. The van der Waals surface area contributed by atoms with Crippen molar-refractivity contribution in [2.45, 2.75) is 5.92 Å². The third kappa shape index (κ3) is 2.82. The van der Waals surface area contributed by atoms with Crippen LogP contribution in [0.25, 0.3) is 0 Å². The monoisotopic (exact) mass is 367 g/mol. The number of carbonyl (C=O) groups is 1. The molecule has 2 heterocycles. The minimum atomic E-state index is -0.317. The van der Waals surface area contributed by atoms with Crippen LogP contribution in [0.15, 0.2) is 53.7 Å². The molecular weight excluding hydrogens is 346 g/mol. The molecule has 2 aliphatic heterocycles. The molecule has 6 heteroatoms. The van der Waals surface area contributed by atoms with Crippen LogP contribution in [0, 0.1) is 0 Å². The smallest absolute Gasteiger partial charge is 0.337 e. The van der Waals surface area contributed by atoms with Crippen LogP contribution in [0.4, 0.5) is 5.69 Å². The van der Waals surface area contributed by atoms with Gasteiger partial charge in [-0.3, -0.25) is 0 Å². The molecule has 0 amide bonds. The van der Waals surface area contributed by atoms with Crippen LogP contribution >= 0.6 is 0 Å². The summed E-state index contributed by atoms with van der Waals surface area (Å²) in [7, 11) is 3.24. The summed E-state index contributed by atoms with van der Waals surface area (Å²) in [6.07, 6.45) is 0. The number of anilines is 1. The van der Waals surface area contributed by atoms with Gasteiger partial charge in [0.2, 0.25) is 0 Å². The Hall–Kier alpha value is -2.99. The quantitative estimate of drug-likeness (QED) is 0.819. The van der Waals surface area contributed by atoms with Crippen LogP contribution in [0.1, 0.15) is 17.0 Å². The van der Waals surface area contributed by atoms with E-state index in [0.717, 1.165) is 34.0 Å². The fraction of sp³-hybridized carbons (Fsp3) is 0.286. The zero-order chi connectivity index (χ0) is 19.0. The third-order valence-electron chi connectivity index (χ3n) is 5.08. The van der Waals surface area contributed by atoms with E-state index in [1.807, 2.05) is 47.4 Å². The van der Waals surface area contributed by atoms with Gasteiger partial charge in [-0.1, -0.05) is 18.2 Å². The van der Waals surface area contributed by atoms with Crippen molar-refractivity contribution in [3.8, 4) is 11.5 Å². The van der Waals surface area contributed by atoms with Crippen molar-refractivity contribution in [3.63, 3.8) is 0 Å². The second kappa shape index (κ2) is 6.96. The first-order valence-electron chi connectivity index (χ1n) is 8.78. The van der Waals surface area contributed by atoms with Gasteiger partial charge in [0.1, 0.15) is 18.1 Å². The maximum Gasteiger partial charge on any atom is 0.337 e. The van der Waals surface area contributed by atoms with E-state index < -0.39 is 0 Å². The van der Waals surface area contributed by atoms with E-state index in [1.54, 1.807) is 14.2 Å². The average Bonchev–Trinajstić information content (AvgIpc) is 3.09. The summed E-state index contributed by atoms with van der Waals surface area (Å²) in [6, 6.07) is 13.5. The largest absolute Gasteiger partial charge is 0.497 e. The van der Waals surface area contributed by atoms with Crippen molar-refractivity contribution in [1.29, 1.82) is 0 Å². The molecule has 2 aromatic rings. The number of fused-ring (bicyclic) bond motifs is 1. The van der Waals surface area contributed by atoms with Gasteiger partial charge < -0.3 is 24.2 Å². The number of benzene rings is 2. The highest BCUT2D eigenvalue weighted by atomic mass is 16.5. The van der Waals surface area contributed by atoms with Crippen LogP contribution in [0.3, 0.4) is 0 Å². The molecule has 1 N–H and O–H groups in total. The van der Waals surface area contributed by atoms with Crippen LogP contribution in [-0.2, 0) is 9.53 Å². The van der Waals surface area contributed by atoms with E-state index in [9.17, 15) is 9.90 Å². The van der Waals surface area contributed by atoms with Crippen molar-refractivity contribution in [2.75, 3.05) is 38.9 Å². The summed E-state index contributed by atoms with van der Waals surface area (Å²) in [4.78, 5) is 14.6. The number of carbonyl (C=O) groups excluding carboxylic acids is 1. The van der Waals surface area contributed by atoms with Crippen LogP contribution in [0.5, 0.6) is 11.5 Å². The molecule has 6 nitrogen and oxygen atoms in total. The molecule has 2 aromatic carbocycles. The molecular formula is C21H21NO5. The fourth-order valence-electron chi connectivity index (χ4n) is 3.87. The molecule has 0 aliphatic carbocycles. The molecule has 0 bridgehead atoms. The lowest BCUT2D eigenvalue weighted by Gasteiger charge is -2.35. The minimum absolute atomic E-state index is 0.0363. The lowest BCUT2D eigenvalue weighted by atomic mass is 9.80. The highest BCUT2D eigenvalue weighted by Gasteiger charge is 2.41. The maximum atomic E-state index is 12.6. The standard InChI is InChI=1S/C21H21NO5/c1-25-14-5-3-4-13(10-14)19-16-7-6-15(26-2)11-17(16)22(8-9-23)18-12-27-21(24)20(18)19/h3-7,10-11,19,23H,8-9,12H2,1-2H3. The van der Waals surface area contributed by atoms with Gasteiger partial charge in [0, 0.05) is 24.2 Å². The topological polar surface area (TPSA) is 68.2 Å². The maximum absolute atomic E-state index is 12.6. The number of aliphatic hydroxyl groups excluding tert-OH is 1. The second-order valence-corrected chi connectivity index (χ2v) is 6.45. The number of esters is 1. The predicted molar refractivity (Wildman–Crippen MR) is 100 cm³/mol. The number of β-amino-alcohol motifs (C(OH)–C–C–N with tert-alkyl or cyclic N) is 1. The van der Waals surface area contributed by atoms with Crippen molar-refractivity contribution in [2.24, 2.45) is 0 Å². The Bertz CT molecular complexity index is 921. The van der Waals surface area contributed by atoms with Gasteiger partial charge in [-0.2, -0.15) is 0 Å². The van der Waals surface area contributed by atoms with Gasteiger partial charge in [-0.15, -0.1) is 0 Å². The minimum Gasteiger partial charge on any atom is -0.497 e. The molecule has 0 spiro atoms. The molecule has 27 heavy (non-hydrogen) atoms. The van der Waals surface area contributed by atoms with Crippen LogP contribution in [0.2, 0.25) is 0 Å². The lowest BCUT2D eigenvalue weighted by molar-refractivity contribution is -0.136. The van der Waals surface area contributed by atoms with Crippen molar-refractivity contribution in [3.05, 3.63) is 64.9 Å². The van der Waals surface area contributed by atoms with Crippen molar-refractivity contribution in [1.82, 2.24) is 0 Å². The molecule has 140 valence electrons. The summed E-state index contributed by atoms with van der Waals surface area (Å²) in [5, 5.41) is 9.57. The first-order valence-corrected chi connectivity index (χ1v) is 8.78. The first-order chi connectivity index (χ1) is 13.2. The van der Waals surface area contributed by atoms with Gasteiger partial charge in [-0.25, -0.2) is 4.79 Å². The fourth-order valence-corrected chi connectivity index (χ4v) is 3.87. The van der Waals surface area contributed by atoms with E-state index in [1.165, 1.54) is 0 Å². The van der Waals surface area contributed by atoms with Gasteiger partial charge in [0.15, 0.2) is 0 Å². The number of hydrogen-bond donors (Lipinski definition) is 1. The average molecular weight is 367 g/mol. The summed E-state index contributed by atoms with van der Waals surface area (Å²) < 4.78 is 16.1. The van der Waals surface area contributed by atoms with Gasteiger partial charge in [0.05, 0.1) is 32.1 Å². The second-order valence-electron chi connectivity index (χ2n) is 6.45. The summed E-state index contributed by atoms with van der Waals surface area (Å²) in [5.41, 5.74) is 4.25. The Labute approximate surface area is 157 Å². The number of ether oxygens (including phenoxy) is 3. The highest BCUT2D eigenvalue weighted by molar-refractivity contribution is 5.97. The van der Waals surface area contributed by atoms with E-state index in [4.69, 9.17) is 14.2 Å². The lowest BCUT2D eigenvalue weighted by Crippen LogP contribution is -2.33. The Balaban J connectivity index is 1.95. The molecule has 0 radical (unpaired) electrons. The molecule has 4 rings (SSSR count). The zero-order valence-corrected chi connectivity index (χ0v) is 15.3. The number of cyclic esters (lactones) is 1. The Morgan fingerprint density at radius 3 is 2.67 bits per heavy atom. The van der Waals surface area contributed by atoms with Gasteiger partial charge in [-0.05, 0) is 29.3 Å². The number of nitrogens with zero attached hydrogens (tertiary/aromatic N) is 1. The van der Waals surface area contributed by atoms with E-state index in [0.29, 0.717) is 12.1 Å². The molecule has 2 aliphatic rings. The normalized spacial score (nSPS) is 18.1. The molecule has 1 unspecified atom stereocenters. The van der Waals surface area contributed by atoms with Crippen molar-refractivity contribution < 1.29 is 24.1 Å². The van der Waals surface area contributed by atoms with Crippen molar-refractivity contribution >= 4 is 11.7 Å². The number of aliphatic hydroxyl groups is 1. The Morgan fingerprint density at radius 2 is 1.93 bits per heavy atom. The van der Waals surface area contributed by atoms with Gasteiger partial charge >= 0.3 is 5.97 Å². The highest BCUT2D eigenvalue weighted by Crippen LogP contribution is 2.48. The van der Waals surface area contributed by atoms with E-state index in [-0.39, 0.29) is 25.1 Å². The molecule has 1 atom stereocenters. The number of methoxy groups -OCH3 is 2. The SMILES string of the molecule is COc1cccc(C2C3=C(COC3=O)N(CCO)c3cc(OC)ccc32)c1. The summed E-state index contributed by atoms with van der Waals surface area (Å²) >= 11 is 0. The van der Waals surface area contributed by atoms with Gasteiger partial charge in [0.25, 0.3) is 0 Å². The van der Waals surface area contributed by atoms with Crippen LogP contribution in [-0.4, -0.2) is 45.1 Å². The zero-order valence-electron chi connectivity index (χ0n) is 15.3. The predicted octanol–water partition coefficient (Wildman–Crippen LogP) is 2.46. The molecule has 0 aromatic heterocycles. The van der Waals surface area contributed by atoms with Crippen LogP contribution < -0.4 is 14.4 Å². The van der Waals surface area contributed by atoms with E-state index in [2.05, 4.69) is 0 Å². The third-order valence-corrected chi connectivity index (χ3v) is 5.08. The summed E-state index contributed by atoms with van der Waals surface area (Å²) in [6.45, 7) is 0.539. The van der Waals surface area contributed by atoms with E-state index >= 15 is 0 Å². The Kier molecular flexibility index (Phi) is 4.49. The number of hydrogen-bond acceptors (Lipinski definition) is 6. The molecule has 0 fully saturated rings. The molecule has 0 saturated heterocycles. The summed E-state index contributed by atoms with van der Waals surface area (Å²) in [5.74, 6) is 0.868. The first kappa shape index (κ1) is 17.4.